The summed E-state index contributed by atoms with van der Waals surface area (Å²) < 4.78 is 52.4. The van der Waals surface area contributed by atoms with Crippen molar-refractivity contribution in [2.75, 3.05) is 13.1 Å². The van der Waals surface area contributed by atoms with E-state index in [2.05, 4.69) is 0 Å². The van der Waals surface area contributed by atoms with E-state index in [0.717, 1.165) is 4.90 Å². The highest BCUT2D eigenvalue weighted by atomic mass is 19.3. The Morgan fingerprint density at radius 2 is 1.40 bits per heavy atom. The van der Waals surface area contributed by atoms with Gasteiger partial charge in [0.1, 0.15) is 0 Å². The third-order valence-corrected chi connectivity index (χ3v) is 2.55. The molecule has 2 nitrogen and oxygen atoms in total. The van der Waals surface area contributed by atoms with E-state index in [4.69, 9.17) is 5.11 Å². The van der Waals surface area contributed by atoms with Gasteiger partial charge in [0.15, 0.2) is 6.10 Å². The lowest BCUT2D eigenvalue weighted by molar-refractivity contribution is -0.262. The maximum absolute atomic E-state index is 13.1. The Kier molecular flexibility index (Phi) is 2.81. The van der Waals surface area contributed by atoms with Gasteiger partial charge in [-0.25, -0.2) is 17.6 Å². The molecular weight excluding hydrogens is 214 g/mol. The summed E-state index contributed by atoms with van der Waals surface area (Å²) in [7, 11) is 0. The van der Waals surface area contributed by atoms with E-state index in [1.165, 1.54) is 0 Å². The maximum atomic E-state index is 13.1. The van der Waals surface area contributed by atoms with Crippen LogP contribution in [0.4, 0.5) is 17.6 Å². The number of alkyl halides is 4. The summed E-state index contributed by atoms with van der Waals surface area (Å²) in [6.07, 6.45) is -2.89. The fourth-order valence-corrected chi connectivity index (χ4v) is 1.52. The van der Waals surface area contributed by atoms with Gasteiger partial charge < -0.3 is 5.11 Å². The summed E-state index contributed by atoms with van der Waals surface area (Å²) in [5, 5.41) is 8.82. The lowest BCUT2D eigenvalue weighted by Gasteiger charge is -2.46. The van der Waals surface area contributed by atoms with Gasteiger partial charge in [0.2, 0.25) is 0 Å². The number of hydrogen-bond acceptors (Lipinski definition) is 2. The van der Waals surface area contributed by atoms with Crippen molar-refractivity contribution < 1.29 is 22.7 Å². The Labute approximate surface area is 85.9 Å². The van der Waals surface area contributed by atoms with E-state index in [-0.39, 0.29) is 0 Å². The van der Waals surface area contributed by atoms with E-state index < -0.39 is 36.6 Å². The maximum Gasteiger partial charge on any atom is 0.291 e. The molecule has 1 rings (SSSR count). The van der Waals surface area contributed by atoms with Crippen LogP contribution in [0.15, 0.2) is 0 Å². The van der Waals surface area contributed by atoms with E-state index in [0.29, 0.717) is 0 Å². The minimum Gasteiger partial charge on any atom is -0.381 e. The van der Waals surface area contributed by atoms with Crippen molar-refractivity contribution in [2.24, 2.45) is 0 Å². The average molecular weight is 229 g/mol. The van der Waals surface area contributed by atoms with Gasteiger partial charge >= 0.3 is 0 Å². The zero-order chi connectivity index (χ0) is 12.1. The highest BCUT2D eigenvalue weighted by Gasteiger charge is 2.60. The topological polar surface area (TPSA) is 23.5 Å². The molecule has 1 aliphatic heterocycles. The van der Waals surface area contributed by atoms with Crippen LogP contribution in [0.5, 0.6) is 0 Å². The predicted molar refractivity (Wildman–Crippen MR) is 47.2 cm³/mol. The molecule has 0 atom stereocenters. The number of likely N-dealkylation sites (tertiary alicyclic amines) is 1. The van der Waals surface area contributed by atoms with Gasteiger partial charge in [-0.2, -0.15) is 0 Å². The minimum absolute atomic E-state index is 0.771. The molecule has 0 saturated carbocycles. The van der Waals surface area contributed by atoms with E-state index >= 15 is 0 Å². The average Bonchev–Trinajstić information content (AvgIpc) is 1.97. The molecule has 0 aromatic heterocycles. The molecule has 1 heterocycles. The molecule has 1 fully saturated rings. The Morgan fingerprint density at radius 1 is 1.07 bits per heavy atom. The number of hydrogen-bond donors (Lipinski definition) is 1. The number of piperidine rings is 1. The lowest BCUT2D eigenvalue weighted by Crippen LogP contribution is -2.66. The molecular formula is C9H15F4NO. The second-order valence-corrected chi connectivity index (χ2v) is 4.95. The Balaban J connectivity index is 2.94. The first kappa shape index (κ1) is 12.7. The van der Waals surface area contributed by atoms with Crippen LogP contribution in [-0.2, 0) is 0 Å². The first-order chi connectivity index (χ1) is 6.47. The Morgan fingerprint density at radius 3 is 1.67 bits per heavy atom. The van der Waals surface area contributed by atoms with Crippen LogP contribution < -0.4 is 0 Å². The predicted octanol–water partition coefficient (Wildman–Crippen LogP) is 1.73. The smallest absolute Gasteiger partial charge is 0.291 e. The number of nitrogens with zero attached hydrogens (tertiary/aromatic N) is 1. The Hall–Kier alpha value is -0.360. The third-order valence-electron chi connectivity index (χ3n) is 2.55. The quantitative estimate of drug-likeness (QED) is 0.639. The van der Waals surface area contributed by atoms with Gasteiger partial charge in [-0.15, -0.1) is 0 Å². The summed E-state index contributed by atoms with van der Waals surface area (Å²) in [6.45, 7) is 3.06. The summed E-state index contributed by atoms with van der Waals surface area (Å²) in [5.41, 5.74) is -0.771. The zero-order valence-electron chi connectivity index (χ0n) is 8.90. The van der Waals surface area contributed by atoms with Gasteiger partial charge in [-0.3, -0.25) is 4.90 Å². The standard InChI is InChI=1S/C9H15F4NO/c1-7(2,3)14-4-8(10,11)6(15)9(12,13)5-14/h6,15H,4-5H2,1-3H3. The molecule has 0 aromatic rings. The van der Waals surface area contributed by atoms with Crippen molar-refractivity contribution in [1.82, 2.24) is 4.90 Å². The molecule has 90 valence electrons. The summed E-state index contributed by atoms with van der Waals surface area (Å²) in [5.74, 6) is -7.54. The largest absolute Gasteiger partial charge is 0.381 e. The van der Waals surface area contributed by atoms with Gasteiger partial charge in [0, 0.05) is 5.54 Å². The van der Waals surface area contributed by atoms with Gasteiger partial charge in [-0.1, -0.05) is 0 Å². The van der Waals surface area contributed by atoms with Crippen LogP contribution >= 0.6 is 0 Å². The molecule has 6 heteroatoms. The summed E-state index contributed by atoms with van der Waals surface area (Å²) in [4.78, 5) is 0.986. The zero-order valence-corrected chi connectivity index (χ0v) is 8.90. The number of halogens is 4. The molecule has 0 aliphatic carbocycles. The second kappa shape index (κ2) is 3.31. The molecule has 0 unspecified atom stereocenters. The highest BCUT2D eigenvalue weighted by Crippen LogP contribution is 2.39. The first-order valence-electron chi connectivity index (χ1n) is 4.65. The number of aliphatic hydroxyl groups is 1. The van der Waals surface area contributed by atoms with Crippen molar-refractivity contribution in [1.29, 1.82) is 0 Å². The van der Waals surface area contributed by atoms with Crippen molar-refractivity contribution in [2.45, 2.75) is 44.3 Å². The molecule has 0 amide bonds. The molecule has 0 bridgehead atoms. The molecule has 0 spiro atoms. The molecule has 0 aromatic carbocycles. The van der Waals surface area contributed by atoms with Crippen LogP contribution in [0, 0.1) is 0 Å². The summed E-state index contributed by atoms with van der Waals surface area (Å²) in [6, 6.07) is 0. The normalized spacial score (nSPS) is 28.0. The molecule has 1 N–H and O–H groups in total. The minimum atomic E-state index is -3.77. The van der Waals surface area contributed by atoms with Crippen molar-refractivity contribution >= 4 is 0 Å². The second-order valence-electron chi connectivity index (χ2n) is 4.95. The van der Waals surface area contributed by atoms with E-state index in [9.17, 15) is 17.6 Å². The number of aliphatic hydroxyl groups excluding tert-OH is 1. The third kappa shape index (κ3) is 2.42. The van der Waals surface area contributed by atoms with Crippen molar-refractivity contribution in [3.8, 4) is 0 Å². The highest BCUT2D eigenvalue weighted by molar-refractivity contribution is 5.00. The van der Waals surface area contributed by atoms with E-state index in [1.54, 1.807) is 20.8 Å². The van der Waals surface area contributed by atoms with Crippen LogP contribution in [0.25, 0.3) is 0 Å². The molecule has 0 radical (unpaired) electrons. The van der Waals surface area contributed by atoms with Crippen molar-refractivity contribution in [3.63, 3.8) is 0 Å². The monoisotopic (exact) mass is 229 g/mol. The van der Waals surface area contributed by atoms with Crippen molar-refractivity contribution in [3.05, 3.63) is 0 Å². The molecule has 1 saturated heterocycles. The van der Waals surface area contributed by atoms with Gasteiger partial charge in [-0.05, 0) is 20.8 Å². The molecule has 1 aliphatic rings. The fourth-order valence-electron chi connectivity index (χ4n) is 1.52. The number of rotatable bonds is 0. The van der Waals surface area contributed by atoms with Gasteiger partial charge in [0.05, 0.1) is 13.1 Å². The van der Waals surface area contributed by atoms with Crippen LogP contribution in [-0.4, -0.2) is 46.6 Å². The first-order valence-corrected chi connectivity index (χ1v) is 4.65. The summed E-state index contributed by atoms with van der Waals surface area (Å²) >= 11 is 0. The fraction of sp³-hybridized carbons (Fsp3) is 1.00. The SMILES string of the molecule is CC(C)(C)N1CC(F)(F)C(O)C(F)(F)C1. The Bertz CT molecular complexity index is 231. The van der Waals surface area contributed by atoms with Crippen LogP contribution in [0.1, 0.15) is 20.8 Å². The molecule has 15 heavy (non-hydrogen) atoms. The van der Waals surface area contributed by atoms with Gasteiger partial charge in [0.25, 0.3) is 11.8 Å². The van der Waals surface area contributed by atoms with Crippen LogP contribution in [0.2, 0.25) is 0 Å². The van der Waals surface area contributed by atoms with Crippen LogP contribution in [0.3, 0.4) is 0 Å². The van der Waals surface area contributed by atoms with E-state index in [1.807, 2.05) is 0 Å². The lowest BCUT2D eigenvalue weighted by atomic mass is 9.94.